The summed E-state index contributed by atoms with van der Waals surface area (Å²) < 4.78 is 0. The molecule has 2 saturated heterocycles. The van der Waals surface area contributed by atoms with Crippen molar-refractivity contribution in [2.24, 2.45) is 5.41 Å². The molecule has 126 valence electrons. The molecule has 1 unspecified atom stereocenters. The van der Waals surface area contributed by atoms with Crippen molar-refractivity contribution in [3.8, 4) is 0 Å². The molecule has 23 heavy (non-hydrogen) atoms. The fourth-order valence-electron chi connectivity index (χ4n) is 3.59. The van der Waals surface area contributed by atoms with Gasteiger partial charge < -0.3 is 9.80 Å². The largest absolute Gasteiger partial charge is 0.342 e. The molecular formula is C17H25N3O2S. The third-order valence-corrected chi connectivity index (χ3v) is 5.88. The number of carbonyl (C=O) groups excluding carboxylic acids is 2. The van der Waals surface area contributed by atoms with Gasteiger partial charge in [0.2, 0.25) is 5.91 Å². The van der Waals surface area contributed by atoms with Gasteiger partial charge in [0.25, 0.3) is 5.91 Å². The molecule has 1 aromatic heterocycles. The van der Waals surface area contributed by atoms with Crippen molar-refractivity contribution < 1.29 is 9.59 Å². The molecule has 2 aliphatic rings. The molecule has 2 amide bonds. The summed E-state index contributed by atoms with van der Waals surface area (Å²) in [7, 11) is 0. The van der Waals surface area contributed by atoms with Crippen LogP contribution in [-0.4, -0.2) is 52.8 Å². The Labute approximate surface area is 141 Å². The molecule has 1 spiro atoms. The van der Waals surface area contributed by atoms with Gasteiger partial charge in [0, 0.05) is 31.6 Å². The molecule has 1 aromatic rings. The minimum Gasteiger partial charge on any atom is -0.342 e. The predicted molar refractivity (Wildman–Crippen MR) is 90.6 cm³/mol. The second kappa shape index (κ2) is 6.23. The number of hydrogen-bond acceptors (Lipinski definition) is 4. The van der Waals surface area contributed by atoms with Gasteiger partial charge in [-0.2, -0.15) is 0 Å². The highest BCUT2D eigenvalue weighted by Crippen LogP contribution is 2.41. The Kier molecular flexibility index (Phi) is 4.45. The molecular weight excluding hydrogens is 310 g/mol. The molecule has 0 radical (unpaired) electrons. The van der Waals surface area contributed by atoms with Crippen LogP contribution in [0.25, 0.3) is 0 Å². The van der Waals surface area contributed by atoms with Gasteiger partial charge in [0.05, 0.1) is 11.1 Å². The van der Waals surface area contributed by atoms with Crippen LogP contribution in [0, 0.1) is 5.41 Å². The number of thiazole rings is 1. The Bertz CT molecular complexity index is 613. The van der Waals surface area contributed by atoms with Crippen LogP contribution in [0.15, 0.2) is 5.38 Å². The summed E-state index contributed by atoms with van der Waals surface area (Å²) in [5.41, 5.74) is 0.640. The average Bonchev–Trinajstić information content (AvgIpc) is 3.23. The Morgan fingerprint density at radius 2 is 2.13 bits per heavy atom. The van der Waals surface area contributed by atoms with E-state index in [1.54, 1.807) is 0 Å². The molecule has 2 aliphatic heterocycles. The van der Waals surface area contributed by atoms with Crippen LogP contribution >= 0.6 is 11.3 Å². The van der Waals surface area contributed by atoms with Crippen molar-refractivity contribution in [1.82, 2.24) is 14.8 Å². The van der Waals surface area contributed by atoms with E-state index >= 15 is 0 Å². The summed E-state index contributed by atoms with van der Waals surface area (Å²) in [4.78, 5) is 33.6. The molecule has 3 rings (SSSR count). The number of amides is 2. The van der Waals surface area contributed by atoms with E-state index < -0.39 is 0 Å². The Balaban J connectivity index is 1.69. The number of carbonyl (C=O) groups is 2. The second-order valence-electron chi connectivity index (χ2n) is 7.03. The maximum Gasteiger partial charge on any atom is 0.282 e. The minimum atomic E-state index is -0.330. The van der Waals surface area contributed by atoms with Crippen LogP contribution in [0.4, 0.5) is 0 Å². The second-order valence-corrected chi connectivity index (χ2v) is 7.89. The first-order valence-electron chi connectivity index (χ1n) is 8.51. The number of aromatic nitrogens is 1. The zero-order valence-electron chi connectivity index (χ0n) is 14.2. The SMILES string of the molecule is CCCN1CCC2(CCN(C(=O)c3nc(C(C)C)cs3)C2)C1=O. The zero-order valence-corrected chi connectivity index (χ0v) is 15.0. The third kappa shape index (κ3) is 2.89. The molecule has 1 atom stereocenters. The van der Waals surface area contributed by atoms with Gasteiger partial charge in [-0.1, -0.05) is 20.8 Å². The van der Waals surface area contributed by atoms with E-state index in [0.717, 1.165) is 38.0 Å². The lowest BCUT2D eigenvalue weighted by atomic mass is 9.85. The maximum atomic E-state index is 12.7. The van der Waals surface area contributed by atoms with E-state index in [2.05, 4.69) is 25.8 Å². The van der Waals surface area contributed by atoms with Crippen LogP contribution in [0.5, 0.6) is 0 Å². The first kappa shape index (κ1) is 16.4. The van der Waals surface area contributed by atoms with Gasteiger partial charge in [0.15, 0.2) is 5.01 Å². The van der Waals surface area contributed by atoms with Crippen LogP contribution < -0.4 is 0 Å². The fraction of sp³-hybridized carbons (Fsp3) is 0.706. The quantitative estimate of drug-likeness (QED) is 0.850. The topological polar surface area (TPSA) is 53.5 Å². The molecule has 5 nitrogen and oxygen atoms in total. The summed E-state index contributed by atoms with van der Waals surface area (Å²) >= 11 is 1.42. The molecule has 0 saturated carbocycles. The highest BCUT2D eigenvalue weighted by molar-refractivity contribution is 7.11. The van der Waals surface area contributed by atoms with E-state index in [4.69, 9.17) is 0 Å². The lowest BCUT2D eigenvalue weighted by Crippen LogP contribution is -2.38. The maximum absolute atomic E-state index is 12.7. The Morgan fingerprint density at radius 3 is 2.78 bits per heavy atom. The first-order chi connectivity index (χ1) is 11.0. The van der Waals surface area contributed by atoms with Crippen LogP contribution in [-0.2, 0) is 4.79 Å². The third-order valence-electron chi connectivity index (χ3n) is 5.03. The summed E-state index contributed by atoms with van der Waals surface area (Å²) in [5.74, 6) is 0.564. The van der Waals surface area contributed by atoms with Crippen LogP contribution in [0.3, 0.4) is 0 Å². The lowest BCUT2D eigenvalue weighted by molar-refractivity contribution is -0.135. The lowest BCUT2D eigenvalue weighted by Gasteiger charge is -2.23. The smallest absolute Gasteiger partial charge is 0.282 e. The fourth-order valence-corrected chi connectivity index (χ4v) is 4.53. The van der Waals surface area contributed by atoms with Crippen molar-refractivity contribution in [2.45, 2.75) is 46.0 Å². The van der Waals surface area contributed by atoms with Crippen LogP contribution in [0.2, 0.25) is 0 Å². The van der Waals surface area contributed by atoms with E-state index in [1.807, 2.05) is 15.2 Å². The average molecular weight is 335 g/mol. The highest BCUT2D eigenvalue weighted by Gasteiger charge is 2.51. The predicted octanol–water partition coefficient (Wildman–Crippen LogP) is 2.74. The molecule has 2 fully saturated rings. The van der Waals surface area contributed by atoms with Gasteiger partial charge in [-0.15, -0.1) is 11.3 Å². The van der Waals surface area contributed by atoms with Gasteiger partial charge in [-0.3, -0.25) is 9.59 Å². The van der Waals surface area contributed by atoms with Gasteiger partial charge in [-0.25, -0.2) is 4.98 Å². The first-order valence-corrected chi connectivity index (χ1v) is 9.39. The Hall–Kier alpha value is -1.43. The molecule has 0 aromatic carbocycles. The van der Waals surface area contributed by atoms with E-state index in [9.17, 15) is 9.59 Å². The molecule has 6 heteroatoms. The molecule has 0 bridgehead atoms. The summed E-state index contributed by atoms with van der Waals surface area (Å²) in [6.45, 7) is 9.14. The van der Waals surface area contributed by atoms with E-state index in [0.29, 0.717) is 24.0 Å². The van der Waals surface area contributed by atoms with Crippen molar-refractivity contribution in [3.63, 3.8) is 0 Å². The van der Waals surface area contributed by atoms with Crippen molar-refractivity contribution >= 4 is 23.2 Å². The standard InChI is InChI=1S/C17H25N3O2S/c1-4-7-19-8-5-17(16(19)22)6-9-20(11-17)15(21)14-18-13(10-23-14)12(2)3/h10,12H,4-9,11H2,1-3H3. The molecule has 3 heterocycles. The van der Waals surface area contributed by atoms with E-state index in [-0.39, 0.29) is 17.2 Å². The van der Waals surface area contributed by atoms with Crippen molar-refractivity contribution in [2.75, 3.05) is 26.2 Å². The van der Waals surface area contributed by atoms with E-state index in [1.165, 1.54) is 11.3 Å². The number of nitrogens with zero attached hydrogens (tertiary/aromatic N) is 3. The monoisotopic (exact) mass is 335 g/mol. The van der Waals surface area contributed by atoms with Gasteiger partial charge in [0.1, 0.15) is 0 Å². The summed E-state index contributed by atoms with van der Waals surface area (Å²) in [6.07, 6.45) is 2.66. The van der Waals surface area contributed by atoms with Crippen molar-refractivity contribution in [1.29, 1.82) is 0 Å². The number of likely N-dealkylation sites (tertiary alicyclic amines) is 2. The zero-order chi connectivity index (χ0) is 16.6. The Morgan fingerprint density at radius 1 is 1.39 bits per heavy atom. The molecule has 0 N–H and O–H groups in total. The number of hydrogen-bond donors (Lipinski definition) is 0. The number of rotatable bonds is 4. The summed E-state index contributed by atoms with van der Waals surface area (Å²) in [5, 5.41) is 2.52. The normalized spacial score (nSPS) is 24.4. The summed E-state index contributed by atoms with van der Waals surface area (Å²) in [6, 6.07) is 0. The molecule has 0 aliphatic carbocycles. The highest BCUT2D eigenvalue weighted by atomic mass is 32.1. The van der Waals surface area contributed by atoms with Crippen LogP contribution in [0.1, 0.15) is 61.4 Å². The van der Waals surface area contributed by atoms with Gasteiger partial charge >= 0.3 is 0 Å². The van der Waals surface area contributed by atoms with Gasteiger partial charge in [-0.05, 0) is 25.2 Å². The minimum absolute atomic E-state index is 0.0134. The van der Waals surface area contributed by atoms with Crippen molar-refractivity contribution in [3.05, 3.63) is 16.1 Å².